The molecule has 6 heterocycles. The zero-order valence-electron chi connectivity index (χ0n) is 24.4. The van der Waals surface area contributed by atoms with E-state index in [0.717, 1.165) is 11.6 Å². The number of hydrogen-bond acceptors (Lipinski definition) is 8. The summed E-state index contributed by atoms with van der Waals surface area (Å²) in [6.45, 7) is 1.34. The summed E-state index contributed by atoms with van der Waals surface area (Å²) in [5.74, 6) is -3.05. The molecule has 0 N–H and O–H groups in total. The van der Waals surface area contributed by atoms with Gasteiger partial charge in [-0.25, -0.2) is 13.6 Å². The van der Waals surface area contributed by atoms with E-state index in [-0.39, 0.29) is 31.0 Å². The first-order valence-electron chi connectivity index (χ1n) is 15.1. The number of ether oxygens (including phenoxy) is 4. The van der Waals surface area contributed by atoms with Gasteiger partial charge in [-0.3, -0.25) is 19.3 Å². The summed E-state index contributed by atoms with van der Waals surface area (Å²) in [5, 5.41) is 1.80. The van der Waals surface area contributed by atoms with Crippen LogP contribution in [0.1, 0.15) is 40.5 Å². The van der Waals surface area contributed by atoms with Gasteiger partial charge in [0, 0.05) is 49.0 Å². The highest BCUT2D eigenvalue weighted by Gasteiger charge is 2.47. The van der Waals surface area contributed by atoms with Gasteiger partial charge in [-0.15, -0.1) is 0 Å². The van der Waals surface area contributed by atoms with Gasteiger partial charge in [0.05, 0.1) is 37.8 Å². The molecule has 0 aliphatic carbocycles. The van der Waals surface area contributed by atoms with E-state index >= 15 is 4.39 Å². The summed E-state index contributed by atoms with van der Waals surface area (Å²) < 4.78 is 56.2. The van der Waals surface area contributed by atoms with Crippen LogP contribution in [0.4, 0.5) is 13.6 Å². The lowest BCUT2D eigenvalue weighted by Gasteiger charge is -2.51. The Bertz CT molecular complexity index is 1940. The minimum Gasteiger partial charge on any atom is -0.430 e. The minimum atomic E-state index is -1.11. The average Bonchev–Trinajstić information content (AvgIpc) is 3.51. The summed E-state index contributed by atoms with van der Waals surface area (Å²) in [7, 11) is 0. The number of carbonyl (C=O) groups excluding carboxylic acids is 2. The third-order valence-electron chi connectivity index (χ3n) is 8.95. The van der Waals surface area contributed by atoms with Gasteiger partial charge in [-0.05, 0) is 29.8 Å². The van der Waals surface area contributed by atoms with Crippen molar-refractivity contribution in [1.82, 2.24) is 14.1 Å². The molecule has 0 unspecified atom stereocenters. The Morgan fingerprint density at radius 1 is 0.891 bits per heavy atom. The maximum Gasteiger partial charge on any atom is 0.514 e. The zero-order chi connectivity index (χ0) is 31.5. The van der Waals surface area contributed by atoms with Crippen LogP contribution in [0.15, 0.2) is 71.8 Å². The first kappa shape index (κ1) is 28.5. The predicted octanol–water partition coefficient (Wildman–Crippen LogP) is 4.13. The van der Waals surface area contributed by atoms with E-state index in [0.29, 0.717) is 43.0 Å². The lowest BCUT2D eigenvalue weighted by molar-refractivity contribution is -0.0209. The van der Waals surface area contributed by atoms with E-state index in [4.69, 9.17) is 18.9 Å². The highest BCUT2D eigenvalue weighted by molar-refractivity contribution is 5.97. The van der Waals surface area contributed by atoms with Crippen LogP contribution in [0.2, 0.25) is 0 Å². The largest absolute Gasteiger partial charge is 0.514 e. The van der Waals surface area contributed by atoms with Crippen LogP contribution in [0.25, 0.3) is 16.9 Å². The number of para-hydroxylation sites is 1. The molecule has 2 aromatic heterocycles. The van der Waals surface area contributed by atoms with E-state index < -0.39 is 53.2 Å². The monoisotopic (exact) mass is 630 g/mol. The molecule has 4 aromatic rings. The number of pyridine rings is 1. The van der Waals surface area contributed by atoms with Crippen LogP contribution < -0.4 is 15.2 Å². The standard InChI is InChI=1S/C33H28F2N4O7/c34-22-8-7-21-27(28(22)35)24-6-3-12-36(24)23-5-2-1-4-20(23)29(21)39-26-18-44-17-14-37(26)32(41)30-31(25(40)9-13-38(30)39)46-33(42)45-19-10-15-43-16-11-19/h1-9,12-13,19,26,29H,10-11,14-18H2/t26-,29-/m1/s1. The number of aromatic nitrogens is 2. The van der Waals surface area contributed by atoms with Gasteiger partial charge in [0.15, 0.2) is 17.3 Å². The van der Waals surface area contributed by atoms with Crippen molar-refractivity contribution < 1.29 is 37.3 Å². The summed E-state index contributed by atoms with van der Waals surface area (Å²) >= 11 is 0. The molecular formula is C33H28F2N4O7. The number of fused-ring (bicyclic) bond motifs is 7. The number of carbonyl (C=O) groups is 2. The Balaban J connectivity index is 1.33. The van der Waals surface area contributed by atoms with E-state index in [9.17, 15) is 18.8 Å². The first-order valence-corrected chi connectivity index (χ1v) is 15.1. The number of hydrogen-bond donors (Lipinski definition) is 0. The summed E-state index contributed by atoms with van der Waals surface area (Å²) in [6.07, 6.45) is 1.87. The van der Waals surface area contributed by atoms with Crippen LogP contribution >= 0.6 is 0 Å². The Hall–Kier alpha value is -5.01. The molecule has 46 heavy (non-hydrogen) atoms. The molecule has 4 aliphatic rings. The van der Waals surface area contributed by atoms with Crippen LogP contribution in [0, 0.1) is 11.6 Å². The van der Waals surface area contributed by atoms with Gasteiger partial charge in [-0.1, -0.05) is 24.3 Å². The van der Waals surface area contributed by atoms with Crippen molar-refractivity contribution >= 4 is 12.1 Å². The lowest BCUT2D eigenvalue weighted by atomic mass is 9.91. The van der Waals surface area contributed by atoms with Gasteiger partial charge in [0.25, 0.3) is 5.91 Å². The number of rotatable bonds is 3. The number of nitrogens with zero attached hydrogens (tertiary/aromatic N) is 4. The fraction of sp³-hybridized carbons (Fsp3) is 0.303. The molecular weight excluding hydrogens is 602 g/mol. The van der Waals surface area contributed by atoms with Crippen molar-refractivity contribution in [2.45, 2.75) is 31.2 Å². The summed E-state index contributed by atoms with van der Waals surface area (Å²) in [6, 6.07) is 13.9. The molecule has 236 valence electrons. The molecule has 8 rings (SSSR count). The van der Waals surface area contributed by atoms with E-state index in [2.05, 4.69) is 0 Å². The zero-order valence-corrected chi connectivity index (χ0v) is 24.4. The van der Waals surface area contributed by atoms with Gasteiger partial charge < -0.3 is 28.4 Å². The number of amides is 1. The number of morpholine rings is 1. The Kier molecular flexibility index (Phi) is 6.87. The van der Waals surface area contributed by atoms with Crippen molar-refractivity contribution in [3.05, 3.63) is 106 Å². The minimum absolute atomic E-state index is 0.0606. The number of halogens is 2. The average molecular weight is 631 g/mol. The Morgan fingerprint density at radius 3 is 2.57 bits per heavy atom. The highest BCUT2D eigenvalue weighted by Crippen LogP contribution is 2.46. The molecule has 13 heteroatoms. The Labute approximate surface area is 261 Å². The van der Waals surface area contributed by atoms with Crippen molar-refractivity contribution in [3.63, 3.8) is 0 Å². The smallest absolute Gasteiger partial charge is 0.430 e. The lowest BCUT2D eigenvalue weighted by Crippen LogP contribution is -2.66. The predicted molar refractivity (Wildman–Crippen MR) is 158 cm³/mol. The van der Waals surface area contributed by atoms with Gasteiger partial charge in [0.1, 0.15) is 18.3 Å². The van der Waals surface area contributed by atoms with Crippen molar-refractivity contribution in [2.75, 3.05) is 38.0 Å². The molecule has 2 fully saturated rings. The maximum atomic E-state index is 15.9. The normalized spacial score (nSPS) is 20.5. The summed E-state index contributed by atoms with van der Waals surface area (Å²) in [5.41, 5.74) is 1.48. The molecule has 0 radical (unpaired) electrons. The van der Waals surface area contributed by atoms with E-state index in [1.165, 1.54) is 23.0 Å². The maximum absolute atomic E-state index is 15.9. The van der Waals surface area contributed by atoms with Gasteiger partial charge in [-0.2, -0.15) is 0 Å². The summed E-state index contributed by atoms with van der Waals surface area (Å²) in [4.78, 5) is 41.9. The molecule has 4 aliphatic heterocycles. The SMILES string of the molecule is O=C(Oc1c2n(ccc1=O)N([C@@H]1c3ccccc3-n3cccc3-c3c1ccc(F)c3F)[C@@H]1COCCN1C2=O)OC1CCOCC1. The quantitative estimate of drug-likeness (QED) is 0.312. The second-order valence-corrected chi connectivity index (χ2v) is 11.5. The molecule has 2 saturated heterocycles. The molecule has 2 aromatic carbocycles. The third kappa shape index (κ3) is 4.41. The molecule has 0 saturated carbocycles. The highest BCUT2D eigenvalue weighted by atomic mass is 19.2. The van der Waals surface area contributed by atoms with Crippen LogP contribution in [0.5, 0.6) is 5.75 Å². The molecule has 1 amide bonds. The Morgan fingerprint density at radius 2 is 1.72 bits per heavy atom. The fourth-order valence-corrected chi connectivity index (χ4v) is 6.89. The fourth-order valence-electron chi connectivity index (χ4n) is 6.89. The van der Waals surface area contributed by atoms with Crippen molar-refractivity contribution in [1.29, 1.82) is 0 Å². The number of benzene rings is 2. The van der Waals surface area contributed by atoms with Crippen LogP contribution in [-0.2, 0) is 14.2 Å². The molecule has 2 atom stereocenters. The van der Waals surface area contributed by atoms with E-state index in [1.807, 2.05) is 24.3 Å². The second-order valence-electron chi connectivity index (χ2n) is 11.5. The van der Waals surface area contributed by atoms with E-state index in [1.54, 1.807) is 32.8 Å². The van der Waals surface area contributed by atoms with Crippen LogP contribution in [0.3, 0.4) is 0 Å². The first-order chi connectivity index (χ1) is 22.4. The molecule has 11 nitrogen and oxygen atoms in total. The molecule has 0 bridgehead atoms. The van der Waals surface area contributed by atoms with Gasteiger partial charge in [0.2, 0.25) is 11.2 Å². The van der Waals surface area contributed by atoms with Crippen molar-refractivity contribution in [2.24, 2.45) is 0 Å². The van der Waals surface area contributed by atoms with Crippen molar-refractivity contribution in [3.8, 4) is 22.7 Å². The molecule has 0 spiro atoms. The van der Waals surface area contributed by atoms with Gasteiger partial charge >= 0.3 is 6.16 Å². The third-order valence-corrected chi connectivity index (χ3v) is 8.95. The van der Waals surface area contributed by atoms with Crippen LogP contribution in [-0.4, -0.2) is 71.4 Å². The topological polar surface area (TPSA) is 104 Å². The second kappa shape index (κ2) is 11.1.